The van der Waals surface area contributed by atoms with Crippen molar-refractivity contribution < 1.29 is 37.7 Å². The summed E-state index contributed by atoms with van der Waals surface area (Å²) in [6.45, 7) is 11.7. The maximum Gasteiger partial charge on any atom is 0.262 e. The van der Waals surface area contributed by atoms with Crippen molar-refractivity contribution in [3.8, 4) is 79.7 Å². The molecule has 694 valence electrons. The number of rotatable bonds is 27. The van der Waals surface area contributed by atoms with Gasteiger partial charge in [0.15, 0.2) is 41.5 Å². The molecule has 1 fully saturated rings. The number of anilines is 9. The smallest absolute Gasteiger partial charge is 0.262 e. The zero-order chi connectivity index (χ0) is 95.9. The molecular weight excluding hydrogens is 1760 g/mol. The minimum absolute atomic E-state index is 0.0294. The van der Waals surface area contributed by atoms with Crippen LogP contribution in [0.25, 0.3) is 100 Å². The van der Waals surface area contributed by atoms with Crippen LogP contribution in [-0.2, 0) is 40.6 Å². The molecule has 0 atom stereocenters. The number of benzene rings is 14. The molecule has 0 saturated carbocycles. The van der Waals surface area contributed by atoms with Gasteiger partial charge in [0.25, 0.3) is 5.91 Å². The first-order valence-electron chi connectivity index (χ1n) is 46.6. The summed E-state index contributed by atoms with van der Waals surface area (Å²) in [7, 11) is 0. The van der Waals surface area contributed by atoms with Crippen molar-refractivity contribution in [3.05, 3.63) is 365 Å². The summed E-state index contributed by atoms with van der Waals surface area (Å²) in [5, 5.41) is 20.3. The van der Waals surface area contributed by atoms with Gasteiger partial charge in [0.05, 0.1) is 48.2 Å². The van der Waals surface area contributed by atoms with E-state index in [1.165, 1.54) is 55.0 Å². The maximum atomic E-state index is 15.4. The number of halogens is 1. The highest BCUT2D eigenvalue weighted by Crippen LogP contribution is 2.39. The van der Waals surface area contributed by atoms with E-state index in [1.54, 1.807) is 6.07 Å². The number of hydrogen-bond donors (Lipinski definition) is 5. The predicted molar refractivity (Wildman–Crippen MR) is 558 cm³/mol. The first kappa shape index (κ1) is 91.0. The van der Waals surface area contributed by atoms with E-state index in [2.05, 4.69) is 100.0 Å². The van der Waals surface area contributed by atoms with Gasteiger partial charge < -0.3 is 45.5 Å². The van der Waals surface area contributed by atoms with Gasteiger partial charge in [0, 0.05) is 109 Å². The van der Waals surface area contributed by atoms with Crippen molar-refractivity contribution in [1.82, 2.24) is 44.8 Å². The van der Waals surface area contributed by atoms with Gasteiger partial charge in [0.1, 0.15) is 71.9 Å². The average Bonchev–Trinajstić information content (AvgIpc) is 1.50. The summed E-state index contributed by atoms with van der Waals surface area (Å²) in [6.07, 6.45) is 10.1. The summed E-state index contributed by atoms with van der Waals surface area (Å²) in [4.78, 5) is 93.2. The van der Waals surface area contributed by atoms with Crippen LogP contribution in [-0.4, -0.2) is 133 Å². The molecule has 4 aromatic heterocycles. The molecule has 26 heteroatoms. The van der Waals surface area contributed by atoms with Crippen molar-refractivity contribution in [2.45, 2.75) is 59.8 Å². The number of hydrogen-bond acceptors (Lipinski definition) is 24. The fourth-order valence-corrected chi connectivity index (χ4v) is 17.0. The van der Waals surface area contributed by atoms with Crippen molar-refractivity contribution in [3.63, 3.8) is 0 Å². The normalized spacial score (nSPS) is 12.7. The van der Waals surface area contributed by atoms with Crippen LogP contribution < -0.4 is 45.5 Å². The molecule has 141 heavy (non-hydrogen) atoms. The quantitative estimate of drug-likeness (QED) is 0.0319. The predicted octanol–water partition coefficient (Wildman–Crippen LogP) is 23.4. The Bertz CT molecular complexity index is 7730. The number of aromatic nitrogens is 8. The minimum Gasteiger partial charge on any atom is -0.492 e. The van der Waals surface area contributed by atoms with E-state index in [9.17, 15) is 14.4 Å². The monoisotopic (exact) mass is 1860 g/mol. The number of ether oxygens (including phenoxy) is 4. The Hall–Kier alpha value is -17.8. The Morgan fingerprint density at radius 2 is 0.702 bits per heavy atom. The molecule has 0 bridgehead atoms. The summed E-state index contributed by atoms with van der Waals surface area (Å²) < 4.78 is 38.5. The Morgan fingerprint density at radius 1 is 0.333 bits per heavy atom. The van der Waals surface area contributed by atoms with Gasteiger partial charge in [-0.25, -0.2) is 44.3 Å². The van der Waals surface area contributed by atoms with Crippen LogP contribution in [0.5, 0.6) is 23.0 Å². The second-order valence-electron chi connectivity index (χ2n) is 34.5. The molecule has 9 heterocycles. The van der Waals surface area contributed by atoms with E-state index < -0.39 is 0 Å². The molecule has 5 N–H and O–H groups in total. The van der Waals surface area contributed by atoms with E-state index in [0.717, 1.165) is 179 Å². The van der Waals surface area contributed by atoms with Crippen LogP contribution in [0, 0.1) is 12.7 Å². The highest BCUT2D eigenvalue weighted by molar-refractivity contribution is 5.99. The zero-order valence-electron chi connectivity index (χ0n) is 77.5. The molecule has 14 aromatic carbocycles. The maximum absolute atomic E-state index is 15.4. The van der Waals surface area contributed by atoms with Crippen molar-refractivity contribution >= 4 is 138 Å². The SMILES string of the molecule is CC(=O)COc1cccc(-c2nc(Nc3ccc4c(c3)C=NC4)c3ccccc3n2)c1.CC(=O)COc1cccc(-c2nc(Nc3ccc4c(c3)C=NC4)c3ccccc3n2)c1.Cc1cc2nc(-c3ccc(-c4ccccc4)c(F)c3)nc(Nc3ccc4c(c3)C=NC4)c2cc1OCCN1CCCC1.O=C(COc1cccc(-c2nc(Nc3ccc4c(c3)C=NC4)c3ccccc3n2)c1)Nc1ccccc1. The third-order valence-electron chi connectivity index (χ3n) is 24.2. The number of para-hydroxylation sites is 4. The fourth-order valence-electron chi connectivity index (χ4n) is 17.0. The Balaban J connectivity index is 0.000000116. The van der Waals surface area contributed by atoms with Crippen LogP contribution in [0.15, 0.2) is 329 Å². The second-order valence-corrected chi connectivity index (χ2v) is 34.5. The molecule has 5 aliphatic rings. The van der Waals surface area contributed by atoms with Gasteiger partial charge in [0.2, 0.25) is 0 Å². The average molecular weight is 1860 g/mol. The highest BCUT2D eigenvalue weighted by Gasteiger charge is 2.23. The molecule has 0 spiro atoms. The molecule has 0 radical (unpaired) electrons. The highest BCUT2D eigenvalue weighted by atomic mass is 19.1. The molecule has 18 aromatic rings. The Kier molecular flexibility index (Phi) is 27.3. The molecule has 25 nitrogen and oxygen atoms in total. The largest absolute Gasteiger partial charge is 0.492 e. The topological polar surface area (TPSA) is 304 Å². The Morgan fingerprint density at radius 3 is 1.11 bits per heavy atom. The number of nitrogens with one attached hydrogen (secondary N) is 5. The first-order valence-corrected chi connectivity index (χ1v) is 46.6. The lowest BCUT2D eigenvalue weighted by Crippen LogP contribution is -2.25. The lowest BCUT2D eigenvalue weighted by molar-refractivity contribution is -0.119. The van der Waals surface area contributed by atoms with E-state index in [1.807, 2.05) is 281 Å². The number of amides is 1. The minimum atomic E-state index is -0.312. The molecule has 0 aliphatic carbocycles. The van der Waals surface area contributed by atoms with Crippen molar-refractivity contribution in [2.75, 3.05) is 72.6 Å². The van der Waals surface area contributed by atoms with E-state index >= 15 is 4.39 Å². The van der Waals surface area contributed by atoms with Gasteiger partial charge in [-0.15, -0.1) is 0 Å². The van der Waals surface area contributed by atoms with Gasteiger partial charge in [-0.2, -0.15) is 0 Å². The number of likely N-dealkylation sites (tertiary alicyclic amines) is 1. The Labute approximate surface area is 812 Å². The van der Waals surface area contributed by atoms with Gasteiger partial charge in [-0.1, -0.05) is 158 Å². The molecule has 1 saturated heterocycles. The summed E-state index contributed by atoms with van der Waals surface area (Å²) in [5.41, 5.74) is 22.5. The number of carbonyl (C=O) groups is 3. The number of nitrogens with zero attached hydrogens (tertiary/aromatic N) is 13. The van der Waals surface area contributed by atoms with E-state index in [-0.39, 0.29) is 43.1 Å². The van der Waals surface area contributed by atoms with Crippen LogP contribution >= 0.6 is 0 Å². The summed E-state index contributed by atoms with van der Waals surface area (Å²) in [5.74, 6) is 6.97. The lowest BCUT2D eigenvalue weighted by Gasteiger charge is -2.17. The standard InChI is InChI=1S/C35H32FN5O.C30H23N5O2.2C25H20N4O2/c1-23-17-32-30(20-33(23)42-16-15-41-13-5-6-14-41)35(38-28-11-9-26-21-37-22-27(26)18-28)40-34(39-32)25-10-12-29(31(36)19-25)24-7-3-2-4-8-24;36-28(32-23-8-2-1-3-9-23)19-37-25-10-6-7-20(16-25)29-34-27-12-5-4-11-26(27)30(35-29)33-24-14-13-21-17-31-18-22(21)15-24;2*1-16(30)15-31-21-6-4-5-17(12-21)24-28-23-8-3-2-7-22(23)25(29-24)27-20-10-9-18-13-26-14-19(18)11-20/h2-4,7-12,17-20,22H,5-6,13-16,21H2,1H3,(H,38,39,40);1-16,18H,17,19H2,(H,32,36)(H,33,34,35);2*2-12,14H,13,15H2,1H3,(H,27,28,29). The molecule has 23 rings (SSSR count). The first-order chi connectivity index (χ1) is 69.1. The number of aryl methyl sites for hydroxylation is 1. The van der Waals surface area contributed by atoms with Crippen LogP contribution in [0.1, 0.15) is 76.8 Å². The number of Topliss-reactive ketones (excluding diaryl/α,β-unsaturated/α-hetero) is 2. The van der Waals surface area contributed by atoms with E-state index in [0.29, 0.717) is 76.5 Å². The zero-order valence-corrected chi connectivity index (χ0v) is 77.5. The third kappa shape index (κ3) is 22.2. The fraction of sp³-hybridized carbons (Fsp3) is 0.139. The third-order valence-corrected chi connectivity index (χ3v) is 24.2. The van der Waals surface area contributed by atoms with E-state index in [4.69, 9.17) is 58.8 Å². The van der Waals surface area contributed by atoms with Gasteiger partial charge in [-0.05, 0) is 254 Å². The lowest BCUT2D eigenvalue weighted by atomic mass is 10.0. The molecule has 0 unspecified atom stereocenters. The summed E-state index contributed by atoms with van der Waals surface area (Å²) in [6, 6.07) is 99.0. The molecular formula is C115H95FN18O7. The van der Waals surface area contributed by atoms with Crippen molar-refractivity contribution in [2.24, 2.45) is 20.0 Å². The van der Waals surface area contributed by atoms with Gasteiger partial charge in [-0.3, -0.25) is 39.3 Å². The number of ketones is 2. The number of carbonyl (C=O) groups excluding carboxylic acids is 3. The molecule has 5 aliphatic heterocycles. The second kappa shape index (κ2) is 42.2. The van der Waals surface area contributed by atoms with Crippen molar-refractivity contribution in [1.29, 1.82) is 0 Å². The van der Waals surface area contributed by atoms with Crippen LogP contribution in [0.2, 0.25) is 0 Å². The van der Waals surface area contributed by atoms with Gasteiger partial charge >= 0.3 is 0 Å². The van der Waals surface area contributed by atoms with Crippen LogP contribution in [0.3, 0.4) is 0 Å². The summed E-state index contributed by atoms with van der Waals surface area (Å²) >= 11 is 0. The van der Waals surface area contributed by atoms with Crippen LogP contribution in [0.4, 0.5) is 56.1 Å². The molecule has 1 amide bonds. The number of aliphatic imine (C=N–C) groups is 4. The number of fused-ring (bicyclic) bond motifs is 8.